The average molecular weight is 232 g/mol. The molecule has 0 bridgehead atoms. The normalized spacial score (nSPS) is 10.6. The second-order valence-electron chi connectivity index (χ2n) is 4.17. The minimum absolute atomic E-state index is 0.0555. The zero-order valence-corrected chi connectivity index (χ0v) is 10.3. The van der Waals surface area contributed by atoms with Crippen LogP contribution in [0.15, 0.2) is 28.8 Å². The summed E-state index contributed by atoms with van der Waals surface area (Å²) < 4.78 is 5.10. The molecule has 90 valence electrons. The summed E-state index contributed by atoms with van der Waals surface area (Å²) in [5.41, 5.74) is 3.55. The molecule has 17 heavy (non-hydrogen) atoms. The van der Waals surface area contributed by atoms with Gasteiger partial charge in [0.15, 0.2) is 0 Å². The number of hydrogen-bond donors (Lipinski definition) is 1. The topological polar surface area (TPSA) is 49.5 Å². The first kappa shape index (κ1) is 11.7. The van der Waals surface area contributed by atoms with E-state index in [4.69, 9.17) is 4.52 Å². The van der Waals surface area contributed by atoms with Gasteiger partial charge in [0.25, 0.3) is 0 Å². The Hall–Kier alpha value is -1.81. The lowest BCUT2D eigenvalue weighted by atomic mass is 10.1. The third kappa shape index (κ3) is 2.17. The van der Waals surface area contributed by atoms with Crippen LogP contribution in [0.4, 0.5) is 5.69 Å². The Labute approximate surface area is 100 Å². The van der Waals surface area contributed by atoms with Crippen molar-refractivity contribution >= 4 is 5.69 Å². The van der Waals surface area contributed by atoms with Crippen LogP contribution in [-0.2, 0) is 6.61 Å². The van der Waals surface area contributed by atoms with E-state index in [2.05, 4.69) is 5.16 Å². The van der Waals surface area contributed by atoms with E-state index >= 15 is 0 Å². The minimum Gasteiger partial charge on any atom is -0.391 e. The van der Waals surface area contributed by atoms with E-state index in [1.807, 2.05) is 43.3 Å². The zero-order chi connectivity index (χ0) is 12.4. The van der Waals surface area contributed by atoms with Gasteiger partial charge in [-0.15, -0.1) is 0 Å². The predicted octanol–water partition coefficient (Wildman–Crippen LogP) is 2.21. The molecule has 4 heteroatoms. The first-order valence-corrected chi connectivity index (χ1v) is 5.47. The number of nitrogens with zero attached hydrogens (tertiary/aromatic N) is 2. The van der Waals surface area contributed by atoms with Crippen LogP contribution in [0.25, 0.3) is 11.3 Å². The highest BCUT2D eigenvalue weighted by atomic mass is 16.5. The maximum absolute atomic E-state index is 9.28. The SMILES string of the molecule is Cc1onc(-c2ccc(N(C)C)cc2)c1CO. The quantitative estimate of drug-likeness (QED) is 0.881. The molecule has 4 nitrogen and oxygen atoms in total. The molecular weight excluding hydrogens is 216 g/mol. The fraction of sp³-hybridized carbons (Fsp3) is 0.308. The Bertz CT molecular complexity index is 501. The van der Waals surface area contributed by atoms with E-state index in [0.717, 1.165) is 22.5 Å². The summed E-state index contributed by atoms with van der Waals surface area (Å²) in [4.78, 5) is 2.03. The monoisotopic (exact) mass is 232 g/mol. The number of aromatic nitrogens is 1. The number of aliphatic hydroxyl groups is 1. The number of anilines is 1. The lowest BCUT2D eigenvalue weighted by Gasteiger charge is -2.12. The van der Waals surface area contributed by atoms with E-state index in [1.54, 1.807) is 6.92 Å². The summed E-state index contributed by atoms with van der Waals surface area (Å²) in [6.07, 6.45) is 0. The fourth-order valence-electron chi connectivity index (χ4n) is 1.72. The number of aliphatic hydroxyl groups excluding tert-OH is 1. The van der Waals surface area contributed by atoms with E-state index in [0.29, 0.717) is 5.76 Å². The van der Waals surface area contributed by atoms with Gasteiger partial charge in [0.2, 0.25) is 0 Å². The number of hydrogen-bond acceptors (Lipinski definition) is 4. The van der Waals surface area contributed by atoms with Crippen molar-refractivity contribution in [3.05, 3.63) is 35.6 Å². The first-order valence-electron chi connectivity index (χ1n) is 5.47. The maximum atomic E-state index is 9.28. The highest BCUT2D eigenvalue weighted by Crippen LogP contribution is 2.26. The van der Waals surface area contributed by atoms with Crippen LogP contribution in [0.5, 0.6) is 0 Å². The Balaban J connectivity index is 2.39. The van der Waals surface area contributed by atoms with Crippen molar-refractivity contribution in [3.63, 3.8) is 0 Å². The Kier molecular flexibility index (Phi) is 3.15. The van der Waals surface area contributed by atoms with Crippen molar-refractivity contribution in [1.82, 2.24) is 5.16 Å². The summed E-state index contributed by atoms with van der Waals surface area (Å²) in [6.45, 7) is 1.75. The molecule has 2 aromatic rings. The fourth-order valence-corrected chi connectivity index (χ4v) is 1.72. The highest BCUT2D eigenvalue weighted by Gasteiger charge is 2.13. The van der Waals surface area contributed by atoms with Crippen molar-refractivity contribution in [2.45, 2.75) is 13.5 Å². The number of aryl methyl sites for hydroxylation is 1. The lowest BCUT2D eigenvalue weighted by Crippen LogP contribution is -2.07. The predicted molar refractivity (Wildman–Crippen MR) is 66.9 cm³/mol. The molecule has 1 N–H and O–H groups in total. The molecule has 1 aromatic carbocycles. The van der Waals surface area contributed by atoms with Gasteiger partial charge in [-0.2, -0.15) is 0 Å². The van der Waals surface area contributed by atoms with Gasteiger partial charge in [0, 0.05) is 30.9 Å². The summed E-state index contributed by atoms with van der Waals surface area (Å²) in [6, 6.07) is 7.98. The molecule has 2 rings (SSSR count). The van der Waals surface area contributed by atoms with Crippen LogP contribution in [-0.4, -0.2) is 24.4 Å². The van der Waals surface area contributed by atoms with Crippen molar-refractivity contribution in [1.29, 1.82) is 0 Å². The summed E-state index contributed by atoms with van der Waals surface area (Å²) in [5, 5.41) is 13.3. The van der Waals surface area contributed by atoms with Crippen LogP contribution in [0.3, 0.4) is 0 Å². The van der Waals surface area contributed by atoms with E-state index < -0.39 is 0 Å². The van der Waals surface area contributed by atoms with Gasteiger partial charge in [0.05, 0.1) is 6.61 Å². The van der Waals surface area contributed by atoms with E-state index in [9.17, 15) is 5.11 Å². The van der Waals surface area contributed by atoms with E-state index in [1.165, 1.54) is 0 Å². The summed E-state index contributed by atoms with van der Waals surface area (Å²) >= 11 is 0. The Morgan fingerprint density at radius 3 is 2.41 bits per heavy atom. The molecule has 1 aromatic heterocycles. The molecule has 0 aliphatic heterocycles. The van der Waals surface area contributed by atoms with Crippen molar-refractivity contribution in [2.75, 3.05) is 19.0 Å². The molecule has 0 amide bonds. The first-order chi connectivity index (χ1) is 8.13. The third-order valence-electron chi connectivity index (χ3n) is 2.80. The van der Waals surface area contributed by atoms with Crippen molar-refractivity contribution in [2.24, 2.45) is 0 Å². The molecular formula is C13H16N2O2. The second kappa shape index (κ2) is 4.59. The molecule has 0 spiro atoms. The van der Waals surface area contributed by atoms with Gasteiger partial charge in [-0.3, -0.25) is 0 Å². The van der Waals surface area contributed by atoms with Crippen molar-refractivity contribution in [3.8, 4) is 11.3 Å². The maximum Gasteiger partial charge on any atom is 0.139 e. The highest BCUT2D eigenvalue weighted by molar-refractivity contribution is 5.66. The zero-order valence-electron chi connectivity index (χ0n) is 10.3. The van der Waals surface area contributed by atoms with Gasteiger partial charge >= 0.3 is 0 Å². The minimum atomic E-state index is -0.0555. The van der Waals surface area contributed by atoms with Crippen LogP contribution in [0.2, 0.25) is 0 Å². The largest absolute Gasteiger partial charge is 0.391 e. The van der Waals surface area contributed by atoms with Crippen molar-refractivity contribution < 1.29 is 9.63 Å². The summed E-state index contributed by atoms with van der Waals surface area (Å²) in [5.74, 6) is 0.666. The Morgan fingerprint density at radius 2 is 1.88 bits per heavy atom. The Morgan fingerprint density at radius 1 is 1.24 bits per heavy atom. The molecule has 0 unspecified atom stereocenters. The average Bonchev–Trinajstić information content (AvgIpc) is 2.70. The molecule has 0 radical (unpaired) electrons. The van der Waals surface area contributed by atoms with E-state index in [-0.39, 0.29) is 6.61 Å². The van der Waals surface area contributed by atoms with Crippen LogP contribution in [0.1, 0.15) is 11.3 Å². The van der Waals surface area contributed by atoms with Gasteiger partial charge in [-0.25, -0.2) is 0 Å². The van der Waals surface area contributed by atoms with Gasteiger partial charge in [-0.1, -0.05) is 17.3 Å². The molecule has 0 fully saturated rings. The molecule has 1 heterocycles. The lowest BCUT2D eigenvalue weighted by molar-refractivity contribution is 0.278. The number of benzene rings is 1. The van der Waals surface area contributed by atoms with Crippen LogP contribution < -0.4 is 4.90 Å². The molecule has 0 saturated carbocycles. The third-order valence-corrected chi connectivity index (χ3v) is 2.80. The van der Waals surface area contributed by atoms with Gasteiger partial charge < -0.3 is 14.5 Å². The summed E-state index contributed by atoms with van der Waals surface area (Å²) in [7, 11) is 3.99. The molecule has 0 aliphatic carbocycles. The molecule has 0 saturated heterocycles. The number of rotatable bonds is 3. The molecule has 0 atom stereocenters. The molecule has 0 aliphatic rings. The van der Waals surface area contributed by atoms with Crippen LogP contribution in [0, 0.1) is 6.92 Å². The van der Waals surface area contributed by atoms with Gasteiger partial charge in [-0.05, 0) is 19.1 Å². The van der Waals surface area contributed by atoms with Gasteiger partial charge in [0.1, 0.15) is 11.5 Å². The van der Waals surface area contributed by atoms with Crippen LogP contribution >= 0.6 is 0 Å². The second-order valence-corrected chi connectivity index (χ2v) is 4.17. The standard InChI is InChI=1S/C13H16N2O2/c1-9-12(8-16)13(14-17-9)10-4-6-11(7-5-10)15(2)3/h4-7,16H,8H2,1-3H3. The smallest absolute Gasteiger partial charge is 0.139 e.